The fraction of sp³-hybridized carbons (Fsp3) is 0.158. The van der Waals surface area contributed by atoms with Crippen LogP contribution in [0.2, 0.25) is 0 Å². The normalized spacial score (nSPS) is 19.7. The SMILES string of the molecule is CCc1ccc(/C=C(\C#N)C2=NC(=O)C3C=CC=CC3=N2)cc1. The topological polar surface area (TPSA) is 65.6 Å². The maximum atomic E-state index is 12.1. The van der Waals surface area contributed by atoms with Crippen LogP contribution in [0.3, 0.4) is 0 Å². The van der Waals surface area contributed by atoms with Crippen LogP contribution in [0.5, 0.6) is 0 Å². The number of amidine groups is 1. The van der Waals surface area contributed by atoms with Gasteiger partial charge in [0.15, 0.2) is 5.84 Å². The number of aliphatic imine (C=N–C) groups is 2. The number of nitrogens with zero attached hydrogens (tertiary/aromatic N) is 3. The van der Waals surface area contributed by atoms with Crippen molar-refractivity contribution >= 4 is 23.5 Å². The molecule has 2 aliphatic rings. The van der Waals surface area contributed by atoms with E-state index in [4.69, 9.17) is 0 Å². The predicted molar refractivity (Wildman–Crippen MR) is 91.1 cm³/mol. The molecule has 0 bridgehead atoms. The highest BCUT2D eigenvalue weighted by Crippen LogP contribution is 2.19. The molecule has 0 aromatic heterocycles. The Hall–Kier alpha value is -3.06. The van der Waals surface area contributed by atoms with Gasteiger partial charge in [0.05, 0.1) is 11.3 Å². The molecule has 1 atom stereocenters. The molecule has 1 amide bonds. The maximum absolute atomic E-state index is 12.1. The molecule has 1 heterocycles. The zero-order chi connectivity index (χ0) is 16.2. The minimum atomic E-state index is -0.424. The molecule has 0 radical (unpaired) electrons. The van der Waals surface area contributed by atoms with Gasteiger partial charge in [0.25, 0.3) is 5.91 Å². The second kappa shape index (κ2) is 6.37. The fourth-order valence-corrected chi connectivity index (χ4v) is 2.45. The monoisotopic (exact) mass is 301 g/mol. The van der Waals surface area contributed by atoms with Crippen LogP contribution < -0.4 is 0 Å². The van der Waals surface area contributed by atoms with Crippen molar-refractivity contribution in [2.24, 2.45) is 15.9 Å². The number of nitriles is 1. The van der Waals surface area contributed by atoms with Gasteiger partial charge in [-0.05, 0) is 29.7 Å². The van der Waals surface area contributed by atoms with Crippen molar-refractivity contribution in [1.29, 1.82) is 5.26 Å². The number of fused-ring (bicyclic) bond motifs is 1. The van der Waals surface area contributed by atoms with E-state index in [1.54, 1.807) is 24.3 Å². The summed E-state index contributed by atoms with van der Waals surface area (Å²) in [6, 6.07) is 10.0. The summed E-state index contributed by atoms with van der Waals surface area (Å²) in [4.78, 5) is 20.5. The number of aryl methyl sites for hydroxylation is 1. The van der Waals surface area contributed by atoms with E-state index in [-0.39, 0.29) is 17.3 Å². The summed E-state index contributed by atoms with van der Waals surface area (Å²) in [5, 5.41) is 9.41. The number of carbonyl (C=O) groups excluding carboxylic acids is 1. The van der Waals surface area contributed by atoms with E-state index in [0.29, 0.717) is 5.71 Å². The molecule has 0 saturated heterocycles. The Balaban J connectivity index is 1.95. The second-order valence-electron chi connectivity index (χ2n) is 5.30. The number of hydrogen-bond donors (Lipinski definition) is 0. The van der Waals surface area contributed by atoms with E-state index in [1.807, 2.05) is 30.3 Å². The molecule has 0 spiro atoms. The molecule has 4 nitrogen and oxygen atoms in total. The molecular formula is C19H15N3O. The van der Waals surface area contributed by atoms with Gasteiger partial charge in [-0.2, -0.15) is 10.3 Å². The van der Waals surface area contributed by atoms with Crippen LogP contribution in [0.1, 0.15) is 18.1 Å². The lowest BCUT2D eigenvalue weighted by molar-refractivity contribution is -0.118. The van der Waals surface area contributed by atoms with E-state index < -0.39 is 5.92 Å². The highest BCUT2D eigenvalue weighted by atomic mass is 16.1. The molecule has 1 aromatic rings. The zero-order valence-corrected chi connectivity index (χ0v) is 12.7. The summed E-state index contributed by atoms with van der Waals surface area (Å²) in [6.07, 6.45) is 9.84. The molecule has 0 N–H and O–H groups in total. The molecule has 3 rings (SSSR count). The molecule has 1 aliphatic carbocycles. The standard InChI is InChI=1S/C19H15N3O/c1-2-13-7-9-14(10-8-13)11-15(12-20)18-21-17-6-4-3-5-16(17)19(23)22-18/h3-11,16H,2H2,1H3/b15-11+. The van der Waals surface area contributed by atoms with E-state index in [9.17, 15) is 10.1 Å². The van der Waals surface area contributed by atoms with Crippen LogP contribution in [0, 0.1) is 17.2 Å². The average Bonchev–Trinajstić information content (AvgIpc) is 2.60. The Bertz CT molecular complexity index is 830. The van der Waals surface area contributed by atoms with Gasteiger partial charge in [-0.15, -0.1) is 0 Å². The predicted octanol–water partition coefficient (Wildman–Crippen LogP) is 3.28. The third kappa shape index (κ3) is 3.09. The minimum Gasteiger partial charge on any atom is -0.271 e. The van der Waals surface area contributed by atoms with Crippen LogP contribution in [0.25, 0.3) is 6.08 Å². The first-order chi connectivity index (χ1) is 11.2. The highest BCUT2D eigenvalue weighted by molar-refractivity contribution is 6.26. The van der Waals surface area contributed by atoms with Crippen molar-refractivity contribution < 1.29 is 4.79 Å². The van der Waals surface area contributed by atoms with Crippen LogP contribution in [0.4, 0.5) is 0 Å². The first-order valence-corrected chi connectivity index (χ1v) is 7.48. The number of hydrogen-bond acceptors (Lipinski definition) is 3. The molecule has 0 fully saturated rings. The van der Waals surface area contributed by atoms with Crippen molar-refractivity contribution in [3.05, 3.63) is 65.3 Å². The molecular weight excluding hydrogens is 286 g/mol. The van der Waals surface area contributed by atoms with Crippen LogP contribution >= 0.6 is 0 Å². The van der Waals surface area contributed by atoms with Gasteiger partial charge in [0, 0.05) is 0 Å². The molecule has 1 aliphatic heterocycles. The summed E-state index contributed by atoms with van der Waals surface area (Å²) in [5.41, 5.74) is 3.03. The summed E-state index contributed by atoms with van der Waals surface area (Å²) in [7, 11) is 0. The second-order valence-corrected chi connectivity index (χ2v) is 5.30. The first-order valence-electron chi connectivity index (χ1n) is 7.48. The lowest BCUT2D eigenvalue weighted by Gasteiger charge is -2.17. The smallest absolute Gasteiger partial charge is 0.260 e. The van der Waals surface area contributed by atoms with Gasteiger partial charge in [0.1, 0.15) is 12.0 Å². The van der Waals surface area contributed by atoms with Gasteiger partial charge in [0.2, 0.25) is 0 Å². The molecule has 1 aromatic carbocycles. The highest BCUT2D eigenvalue weighted by Gasteiger charge is 2.27. The number of rotatable bonds is 3. The number of benzene rings is 1. The zero-order valence-electron chi connectivity index (χ0n) is 12.7. The van der Waals surface area contributed by atoms with Crippen LogP contribution in [-0.2, 0) is 11.2 Å². The average molecular weight is 301 g/mol. The summed E-state index contributed by atoms with van der Waals surface area (Å²) in [6.45, 7) is 2.09. The number of amides is 1. The fourth-order valence-electron chi connectivity index (χ4n) is 2.45. The Labute approximate surface area is 134 Å². The first kappa shape index (κ1) is 14.9. The van der Waals surface area contributed by atoms with Gasteiger partial charge in [-0.25, -0.2) is 4.99 Å². The Kier molecular flexibility index (Phi) is 4.11. The molecule has 4 heteroatoms. The minimum absolute atomic E-state index is 0.184. The quantitative estimate of drug-likeness (QED) is 0.804. The van der Waals surface area contributed by atoms with E-state index in [2.05, 4.69) is 23.0 Å². The lowest BCUT2D eigenvalue weighted by Crippen LogP contribution is -2.27. The van der Waals surface area contributed by atoms with Crippen molar-refractivity contribution in [1.82, 2.24) is 0 Å². The van der Waals surface area contributed by atoms with Gasteiger partial charge < -0.3 is 0 Å². The third-order valence-corrected chi connectivity index (χ3v) is 3.78. The van der Waals surface area contributed by atoms with Crippen LogP contribution in [0.15, 0.2) is 64.1 Å². The van der Waals surface area contributed by atoms with Crippen molar-refractivity contribution in [3.63, 3.8) is 0 Å². The Morgan fingerprint density at radius 3 is 2.74 bits per heavy atom. The summed E-state index contributed by atoms with van der Waals surface area (Å²) >= 11 is 0. The van der Waals surface area contributed by atoms with E-state index in [0.717, 1.165) is 12.0 Å². The number of allylic oxidation sites excluding steroid dienone is 3. The van der Waals surface area contributed by atoms with Crippen molar-refractivity contribution in [2.75, 3.05) is 0 Å². The lowest BCUT2D eigenvalue weighted by atomic mass is 9.96. The Morgan fingerprint density at radius 2 is 2.04 bits per heavy atom. The van der Waals surface area contributed by atoms with Gasteiger partial charge in [-0.1, -0.05) is 49.4 Å². The summed E-state index contributed by atoms with van der Waals surface area (Å²) < 4.78 is 0. The van der Waals surface area contributed by atoms with Gasteiger partial charge >= 0.3 is 0 Å². The Morgan fingerprint density at radius 1 is 1.26 bits per heavy atom. The molecule has 23 heavy (non-hydrogen) atoms. The van der Waals surface area contributed by atoms with Crippen molar-refractivity contribution in [3.8, 4) is 6.07 Å². The largest absolute Gasteiger partial charge is 0.271 e. The van der Waals surface area contributed by atoms with Crippen LogP contribution in [-0.4, -0.2) is 17.5 Å². The molecule has 1 unspecified atom stereocenters. The van der Waals surface area contributed by atoms with E-state index >= 15 is 0 Å². The van der Waals surface area contributed by atoms with Gasteiger partial charge in [-0.3, -0.25) is 4.79 Å². The molecule has 112 valence electrons. The van der Waals surface area contributed by atoms with Crippen molar-refractivity contribution in [2.45, 2.75) is 13.3 Å². The van der Waals surface area contributed by atoms with E-state index in [1.165, 1.54) is 5.56 Å². The maximum Gasteiger partial charge on any atom is 0.260 e. The molecule has 0 saturated carbocycles. The number of carbonyl (C=O) groups is 1. The summed E-state index contributed by atoms with van der Waals surface area (Å²) in [5.74, 6) is -0.524. The third-order valence-electron chi connectivity index (χ3n) is 3.78.